The van der Waals surface area contributed by atoms with Gasteiger partial charge in [-0.2, -0.15) is 0 Å². The van der Waals surface area contributed by atoms with E-state index in [1.54, 1.807) is 13.2 Å². The van der Waals surface area contributed by atoms with Gasteiger partial charge >= 0.3 is 0 Å². The second kappa shape index (κ2) is 11.6. The van der Waals surface area contributed by atoms with Crippen molar-refractivity contribution < 1.29 is 4.52 Å². The zero-order chi connectivity index (χ0) is 19.8. The molecule has 0 unspecified atom stereocenters. The highest BCUT2D eigenvalue weighted by atomic mass is 127. The molecule has 0 radical (unpaired) electrons. The molecule has 0 saturated carbocycles. The van der Waals surface area contributed by atoms with Gasteiger partial charge in [-0.05, 0) is 17.5 Å². The second-order valence-electron chi connectivity index (χ2n) is 6.57. The minimum Gasteiger partial charge on any atom is -0.361 e. The van der Waals surface area contributed by atoms with Crippen LogP contribution < -0.4 is 10.6 Å². The van der Waals surface area contributed by atoms with Crippen LogP contribution in [-0.4, -0.2) is 27.7 Å². The molecule has 0 amide bonds. The first-order chi connectivity index (χ1) is 13.7. The third-order valence-corrected chi connectivity index (χ3v) is 4.67. The van der Waals surface area contributed by atoms with Crippen LogP contribution in [-0.2, 0) is 32.5 Å². The van der Waals surface area contributed by atoms with E-state index in [0.717, 1.165) is 42.4 Å². The summed E-state index contributed by atoms with van der Waals surface area (Å²) in [7, 11) is 1.78. The Morgan fingerprint density at radius 1 is 1.07 bits per heavy atom. The van der Waals surface area contributed by atoms with Crippen LogP contribution in [0.25, 0.3) is 0 Å². The number of guanidine groups is 1. The Balaban J connectivity index is 0.00000300. The predicted octanol–water partition coefficient (Wildman–Crippen LogP) is 3.53. The van der Waals surface area contributed by atoms with Gasteiger partial charge in [-0.3, -0.25) is 4.99 Å². The maximum Gasteiger partial charge on any atom is 0.191 e. The van der Waals surface area contributed by atoms with Crippen molar-refractivity contribution in [1.29, 1.82) is 0 Å². The molecule has 0 bridgehead atoms. The zero-order valence-electron chi connectivity index (χ0n) is 17.2. The fourth-order valence-electron chi connectivity index (χ4n) is 3.07. The van der Waals surface area contributed by atoms with Crippen LogP contribution in [0.2, 0.25) is 0 Å². The summed E-state index contributed by atoms with van der Waals surface area (Å²) in [5.41, 5.74) is 4.59. The molecule has 0 fully saturated rings. The number of nitrogens with zero attached hydrogens (tertiary/aromatic N) is 4. The number of rotatable bonds is 8. The van der Waals surface area contributed by atoms with Crippen molar-refractivity contribution in [1.82, 2.24) is 25.3 Å². The summed E-state index contributed by atoms with van der Waals surface area (Å²) >= 11 is 0. The summed E-state index contributed by atoms with van der Waals surface area (Å²) in [5, 5.41) is 10.9. The summed E-state index contributed by atoms with van der Waals surface area (Å²) in [6.45, 7) is 6.35. The number of hydrogen-bond donors (Lipinski definition) is 2. The number of hydrogen-bond acceptors (Lipinski definition) is 4. The Kier molecular flexibility index (Phi) is 9.17. The summed E-state index contributed by atoms with van der Waals surface area (Å²) < 4.78 is 7.48. The molecule has 7 nitrogen and oxygen atoms in total. The molecule has 8 heteroatoms. The molecular formula is C21H29IN6O. The molecule has 3 rings (SSSR count). The fourth-order valence-corrected chi connectivity index (χ4v) is 3.07. The van der Waals surface area contributed by atoms with Crippen molar-refractivity contribution in [2.24, 2.45) is 4.99 Å². The van der Waals surface area contributed by atoms with Gasteiger partial charge in [-0.1, -0.05) is 43.3 Å². The summed E-state index contributed by atoms with van der Waals surface area (Å²) in [4.78, 5) is 8.39. The van der Waals surface area contributed by atoms with Gasteiger partial charge in [0, 0.05) is 51.1 Å². The molecule has 0 spiro atoms. The zero-order valence-corrected chi connectivity index (χ0v) is 19.5. The molecule has 156 valence electrons. The highest BCUT2D eigenvalue weighted by molar-refractivity contribution is 14.0. The molecule has 29 heavy (non-hydrogen) atoms. The Morgan fingerprint density at radius 3 is 2.41 bits per heavy atom. The van der Waals surface area contributed by atoms with Crippen molar-refractivity contribution in [3.63, 3.8) is 0 Å². The second-order valence-corrected chi connectivity index (χ2v) is 6.57. The van der Waals surface area contributed by atoms with E-state index in [0.29, 0.717) is 13.1 Å². The highest BCUT2D eigenvalue weighted by Crippen LogP contribution is 2.15. The fraction of sp³-hybridized carbons (Fsp3) is 0.381. The third-order valence-electron chi connectivity index (χ3n) is 4.67. The van der Waals surface area contributed by atoms with E-state index < -0.39 is 0 Å². The molecule has 0 atom stereocenters. The van der Waals surface area contributed by atoms with Gasteiger partial charge in [-0.15, -0.1) is 24.0 Å². The Morgan fingerprint density at radius 2 is 1.79 bits per heavy atom. The van der Waals surface area contributed by atoms with E-state index in [1.807, 2.05) is 12.5 Å². The Hall–Kier alpha value is -2.36. The third kappa shape index (κ3) is 6.31. The first-order valence-electron chi connectivity index (χ1n) is 9.67. The van der Waals surface area contributed by atoms with Gasteiger partial charge < -0.3 is 19.7 Å². The van der Waals surface area contributed by atoms with Crippen LogP contribution in [0.5, 0.6) is 0 Å². The van der Waals surface area contributed by atoms with Crippen LogP contribution in [0, 0.1) is 0 Å². The number of benzene rings is 1. The maximum absolute atomic E-state index is 5.42. The van der Waals surface area contributed by atoms with E-state index in [9.17, 15) is 0 Å². The highest BCUT2D eigenvalue weighted by Gasteiger charge is 2.13. The minimum absolute atomic E-state index is 0. The van der Waals surface area contributed by atoms with E-state index in [2.05, 4.69) is 68.4 Å². The van der Waals surface area contributed by atoms with Crippen molar-refractivity contribution in [2.75, 3.05) is 7.05 Å². The van der Waals surface area contributed by atoms with Gasteiger partial charge in [0.1, 0.15) is 5.76 Å². The Bertz CT molecular complexity index is 865. The lowest BCUT2D eigenvalue weighted by atomic mass is 10.1. The van der Waals surface area contributed by atoms with E-state index in [1.165, 1.54) is 11.1 Å². The van der Waals surface area contributed by atoms with Gasteiger partial charge in [-0.25, -0.2) is 4.98 Å². The molecule has 2 aromatic heterocycles. The lowest BCUT2D eigenvalue weighted by Crippen LogP contribution is -2.36. The van der Waals surface area contributed by atoms with Crippen LogP contribution in [0.1, 0.15) is 42.0 Å². The van der Waals surface area contributed by atoms with Crippen molar-refractivity contribution in [3.8, 4) is 0 Å². The van der Waals surface area contributed by atoms with Gasteiger partial charge in [0.2, 0.25) is 0 Å². The van der Waals surface area contributed by atoms with E-state index in [-0.39, 0.29) is 24.0 Å². The van der Waals surface area contributed by atoms with Crippen molar-refractivity contribution >= 4 is 29.9 Å². The number of halogens is 1. The Labute approximate surface area is 189 Å². The van der Waals surface area contributed by atoms with Crippen molar-refractivity contribution in [2.45, 2.75) is 46.3 Å². The molecule has 0 aliphatic heterocycles. The van der Waals surface area contributed by atoms with E-state index in [4.69, 9.17) is 4.52 Å². The van der Waals surface area contributed by atoms with Crippen molar-refractivity contribution in [3.05, 3.63) is 71.1 Å². The maximum atomic E-state index is 5.42. The summed E-state index contributed by atoms with van der Waals surface area (Å²) in [6, 6.07) is 8.56. The number of nitrogens with one attached hydrogen (secondary N) is 2. The van der Waals surface area contributed by atoms with Gasteiger partial charge in [0.25, 0.3) is 0 Å². The molecule has 3 aromatic rings. The summed E-state index contributed by atoms with van der Waals surface area (Å²) in [5.74, 6) is 1.70. The first-order valence-corrected chi connectivity index (χ1v) is 9.67. The quantitative estimate of drug-likeness (QED) is 0.277. The van der Waals surface area contributed by atoms with Crippen LogP contribution >= 0.6 is 24.0 Å². The SMILES string of the molecule is CCc1noc(CC)c1CNC(=NC)NCc1ccc(Cn2ccnc2)cc1.I. The number of imidazole rings is 1. The smallest absolute Gasteiger partial charge is 0.191 e. The monoisotopic (exact) mass is 508 g/mol. The number of aromatic nitrogens is 3. The van der Waals surface area contributed by atoms with Gasteiger partial charge in [0.05, 0.1) is 12.0 Å². The van der Waals surface area contributed by atoms with Crippen LogP contribution in [0.4, 0.5) is 0 Å². The predicted molar refractivity (Wildman–Crippen MR) is 125 cm³/mol. The molecule has 2 N–H and O–H groups in total. The average molecular weight is 508 g/mol. The standard InChI is InChI=1S/C21H28N6O.HI/c1-4-19-18(20(5-2)28-26-19)13-25-21(22-3)24-12-16-6-8-17(9-7-16)14-27-11-10-23-15-27;/h6-11,15H,4-5,12-14H2,1-3H3,(H2,22,24,25);1H. The largest absolute Gasteiger partial charge is 0.361 e. The summed E-state index contributed by atoms with van der Waals surface area (Å²) in [6.07, 6.45) is 7.28. The minimum atomic E-state index is 0. The average Bonchev–Trinajstić information content (AvgIpc) is 3.38. The first kappa shape index (κ1) is 22.9. The van der Waals surface area contributed by atoms with Gasteiger partial charge in [0.15, 0.2) is 5.96 Å². The number of aryl methyl sites for hydroxylation is 2. The molecule has 2 heterocycles. The lowest BCUT2D eigenvalue weighted by molar-refractivity contribution is 0.380. The van der Waals surface area contributed by atoms with Crippen LogP contribution in [0.3, 0.4) is 0 Å². The topological polar surface area (TPSA) is 80.3 Å². The molecule has 1 aromatic carbocycles. The van der Waals surface area contributed by atoms with Crippen LogP contribution in [0.15, 0.2) is 52.5 Å². The number of aliphatic imine (C=N–C) groups is 1. The normalized spacial score (nSPS) is 11.2. The molecule has 0 aliphatic rings. The lowest BCUT2D eigenvalue weighted by Gasteiger charge is -2.12. The van der Waals surface area contributed by atoms with E-state index >= 15 is 0 Å². The molecule has 0 aliphatic carbocycles. The molecule has 0 saturated heterocycles. The molecular weight excluding hydrogens is 479 g/mol.